The highest BCUT2D eigenvalue weighted by Gasteiger charge is 2.19. The molecule has 0 saturated carbocycles. The number of nitrogens with one attached hydrogen (secondary N) is 1. The van der Waals surface area contributed by atoms with Gasteiger partial charge in [0.1, 0.15) is 17.5 Å². The van der Waals surface area contributed by atoms with Gasteiger partial charge in [-0.2, -0.15) is 5.10 Å². The van der Waals surface area contributed by atoms with Crippen molar-refractivity contribution >= 4 is 28.2 Å². The molecular formula is C27H27N9. The van der Waals surface area contributed by atoms with Gasteiger partial charge in [-0.25, -0.2) is 15.0 Å². The summed E-state index contributed by atoms with van der Waals surface area (Å²) in [6.07, 6.45) is 13.1. The first-order valence-corrected chi connectivity index (χ1v) is 12.5. The van der Waals surface area contributed by atoms with Crippen molar-refractivity contribution in [2.45, 2.75) is 52.1 Å². The van der Waals surface area contributed by atoms with Crippen molar-refractivity contribution < 1.29 is 0 Å². The van der Waals surface area contributed by atoms with Crippen LogP contribution in [0.5, 0.6) is 0 Å². The molecule has 9 heteroatoms. The third kappa shape index (κ3) is 3.50. The molecule has 2 aliphatic rings. The van der Waals surface area contributed by atoms with Gasteiger partial charge in [0, 0.05) is 66.2 Å². The molecule has 36 heavy (non-hydrogen) atoms. The number of aromatic nitrogens is 7. The number of anilines is 3. The van der Waals surface area contributed by atoms with E-state index in [1.807, 2.05) is 29.3 Å². The van der Waals surface area contributed by atoms with E-state index in [0.29, 0.717) is 18.2 Å². The van der Waals surface area contributed by atoms with E-state index in [1.54, 1.807) is 6.20 Å². The molecule has 0 atom stereocenters. The highest BCUT2D eigenvalue weighted by molar-refractivity contribution is 5.94. The van der Waals surface area contributed by atoms with Crippen LogP contribution in [0.2, 0.25) is 0 Å². The molecule has 1 aliphatic heterocycles. The van der Waals surface area contributed by atoms with Crippen molar-refractivity contribution in [2.75, 3.05) is 11.1 Å². The zero-order chi connectivity index (χ0) is 24.2. The van der Waals surface area contributed by atoms with Crippen molar-refractivity contribution in [1.82, 2.24) is 34.3 Å². The summed E-state index contributed by atoms with van der Waals surface area (Å²) < 4.78 is 4.20. The number of nitrogens with two attached hydrogens (primary N) is 1. The number of rotatable bonds is 3. The summed E-state index contributed by atoms with van der Waals surface area (Å²) in [5.41, 5.74) is 13.3. The minimum atomic E-state index is 0.475. The third-order valence-corrected chi connectivity index (χ3v) is 7.49. The van der Waals surface area contributed by atoms with E-state index < -0.39 is 0 Å². The smallest absolute Gasteiger partial charge is 0.153 e. The zero-order valence-electron chi connectivity index (χ0n) is 20.2. The molecule has 180 valence electrons. The second-order valence-corrected chi connectivity index (χ2v) is 9.70. The summed E-state index contributed by atoms with van der Waals surface area (Å²) in [7, 11) is 0. The molecule has 0 aromatic carbocycles. The molecule has 0 saturated heterocycles. The summed E-state index contributed by atoms with van der Waals surface area (Å²) in [6, 6.07) is 6.18. The maximum absolute atomic E-state index is 6.38. The van der Waals surface area contributed by atoms with Crippen LogP contribution in [0.4, 0.5) is 17.5 Å². The molecule has 0 fully saturated rings. The van der Waals surface area contributed by atoms with E-state index in [0.717, 1.165) is 59.5 Å². The Morgan fingerprint density at radius 1 is 0.972 bits per heavy atom. The first kappa shape index (κ1) is 21.0. The monoisotopic (exact) mass is 477 g/mol. The summed E-state index contributed by atoms with van der Waals surface area (Å²) in [5, 5.41) is 9.96. The van der Waals surface area contributed by atoms with Crippen LogP contribution in [0, 0.1) is 6.92 Å². The minimum Gasteiger partial charge on any atom is -0.383 e. The van der Waals surface area contributed by atoms with Gasteiger partial charge in [0.25, 0.3) is 0 Å². The van der Waals surface area contributed by atoms with Crippen molar-refractivity contribution in [3.05, 3.63) is 71.3 Å². The van der Waals surface area contributed by atoms with Gasteiger partial charge in [0.15, 0.2) is 5.82 Å². The number of nitrogen functional groups attached to an aromatic ring is 1. The second-order valence-electron chi connectivity index (χ2n) is 9.70. The average molecular weight is 478 g/mol. The fourth-order valence-electron chi connectivity index (χ4n) is 5.53. The van der Waals surface area contributed by atoms with Gasteiger partial charge in [-0.15, -0.1) is 0 Å². The fourth-order valence-corrected chi connectivity index (χ4v) is 5.53. The Hall–Kier alpha value is -4.27. The molecule has 0 bridgehead atoms. The van der Waals surface area contributed by atoms with Crippen LogP contribution in [-0.4, -0.2) is 34.3 Å². The van der Waals surface area contributed by atoms with Gasteiger partial charge in [0.05, 0.1) is 12.2 Å². The quantitative estimate of drug-likeness (QED) is 0.400. The van der Waals surface area contributed by atoms with E-state index in [4.69, 9.17) is 20.8 Å². The molecule has 6 heterocycles. The molecular weight excluding hydrogens is 450 g/mol. The molecule has 7 rings (SSSR count). The van der Waals surface area contributed by atoms with Gasteiger partial charge in [-0.1, -0.05) is 0 Å². The Labute approximate surface area is 208 Å². The predicted octanol–water partition coefficient (Wildman–Crippen LogP) is 4.20. The molecule has 1 aliphatic carbocycles. The summed E-state index contributed by atoms with van der Waals surface area (Å²) in [5.74, 6) is 2.99. The highest BCUT2D eigenvalue weighted by atomic mass is 15.3. The topological polar surface area (TPSA) is 112 Å². The van der Waals surface area contributed by atoms with Crippen LogP contribution in [-0.2, 0) is 32.4 Å². The maximum Gasteiger partial charge on any atom is 0.153 e. The standard InChI is InChI=1S/C27H27N9/c1-16-19-4-2-3-5-22(19)30-13-20(16)23-10-17-11-24(31-14-21(17)27(28)32-23)33-25-12-18-6-8-35-9-7-29-26(35)15-36(18)34-25/h7,9-14H,2-6,8,15H2,1H3,(H2,28,32)(H,31,33,34). The maximum atomic E-state index is 6.38. The van der Waals surface area contributed by atoms with Gasteiger partial charge in [-0.05, 0) is 61.3 Å². The van der Waals surface area contributed by atoms with E-state index in [1.165, 1.54) is 35.4 Å². The molecule has 9 nitrogen and oxygen atoms in total. The fraction of sp³-hybridized carbons (Fsp3) is 0.296. The predicted molar refractivity (Wildman–Crippen MR) is 139 cm³/mol. The van der Waals surface area contributed by atoms with Crippen molar-refractivity contribution in [1.29, 1.82) is 0 Å². The number of hydrogen-bond acceptors (Lipinski definition) is 7. The summed E-state index contributed by atoms with van der Waals surface area (Å²) >= 11 is 0. The first-order valence-electron chi connectivity index (χ1n) is 12.5. The van der Waals surface area contributed by atoms with E-state index in [2.05, 4.69) is 38.9 Å². The lowest BCUT2D eigenvalue weighted by atomic mass is 9.90. The number of imidazole rings is 1. The highest BCUT2D eigenvalue weighted by Crippen LogP contribution is 2.33. The van der Waals surface area contributed by atoms with Gasteiger partial charge >= 0.3 is 0 Å². The Kier molecular flexibility index (Phi) is 4.77. The lowest BCUT2D eigenvalue weighted by Gasteiger charge is -2.19. The van der Waals surface area contributed by atoms with Crippen molar-refractivity contribution in [3.63, 3.8) is 0 Å². The van der Waals surface area contributed by atoms with Crippen LogP contribution < -0.4 is 11.1 Å². The number of pyridine rings is 3. The van der Waals surface area contributed by atoms with E-state index in [-0.39, 0.29) is 0 Å². The Balaban J connectivity index is 1.22. The average Bonchev–Trinajstić information content (AvgIpc) is 3.45. The van der Waals surface area contributed by atoms with Crippen LogP contribution in [0.3, 0.4) is 0 Å². The van der Waals surface area contributed by atoms with Gasteiger partial charge < -0.3 is 15.6 Å². The third-order valence-electron chi connectivity index (χ3n) is 7.49. The number of aryl methyl sites for hydroxylation is 3. The summed E-state index contributed by atoms with van der Waals surface area (Å²) in [4.78, 5) is 18.5. The molecule has 0 amide bonds. The number of nitrogens with zero attached hydrogens (tertiary/aromatic N) is 7. The zero-order valence-corrected chi connectivity index (χ0v) is 20.2. The van der Waals surface area contributed by atoms with Gasteiger partial charge in [0.2, 0.25) is 0 Å². The first-order chi connectivity index (χ1) is 17.6. The lowest BCUT2D eigenvalue weighted by molar-refractivity contribution is 0.641. The Morgan fingerprint density at radius 3 is 2.83 bits per heavy atom. The van der Waals surface area contributed by atoms with Crippen molar-refractivity contribution in [3.8, 4) is 11.3 Å². The van der Waals surface area contributed by atoms with Crippen LogP contribution in [0.15, 0.2) is 43.0 Å². The van der Waals surface area contributed by atoms with Crippen molar-refractivity contribution in [2.24, 2.45) is 0 Å². The van der Waals surface area contributed by atoms with Crippen LogP contribution in [0.1, 0.15) is 41.2 Å². The van der Waals surface area contributed by atoms with Gasteiger partial charge in [-0.3, -0.25) is 9.67 Å². The summed E-state index contributed by atoms with van der Waals surface area (Å²) in [6.45, 7) is 3.74. The van der Waals surface area contributed by atoms with E-state index in [9.17, 15) is 0 Å². The number of hydrogen-bond donors (Lipinski definition) is 2. The minimum absolute atomic E-state index is 0.475. The molecule has 3 N–H and O–H groups in total. The van der Waals surface area contributed by atoms with Crippen LogP contribution >= 0.6 is 0 Å². The molecule has 0 radical (unpaired) electrons. The normalized spacial score (nSPS) is 14.7. The molecule has 0 unspecified atom stereocenters. The lowest BCUT2D eigenvalue weighted by Crippen LogP contribution is -2.08. The number of fused-ring (bicyclic) bond motifs is 4. The van der Waals surface area contributed by atoms with E-state index >= 15 is 0 Å². The molecule has 5 aromatic rings. The Morgan fingerprint density at radius 2 is 1.89 bits per heavy atom. The molecule has 0 spiro atoms. The largest absolute Gasteiger partial charge is 0.383 e. The van der Waals surface area contributed by atoms with Crippen LogP contribution in [0.25, 0.3) is 22.0 Å². The second kappa shape index (κ2) is 8.15. The Bertz CT molecular complexity index is 1630. The SMILES string of the molecule is Cc1c(-c2cc3cc(Nc4cc5n(n4)Cc4nccn4CC5)ncc3c(N)n2)cnc2c1CCCC2. The molecule has 5 aromatic heterocycles.